The molecule has 28 heavy (non-hydrogen) atoms. The molecule has 0 spiro atoms. The number of methoxy groups -OCH3 is 2. The van der Waals surface area contributed by atoms with Crippen molar-refractivity contribution in [2.75, 3.05) is 32.6 Å². The number of esters is 1. The van der Waals surface area contributed by atoms with Gasteiger partial charge in [-0.15, -0.1) is 0 Å². The highest BCUT2D eigenvalue weighted by Crippen LogP contribution is 2.38. The third-order valence-corrected chi connectivity index (χ3v) is 5.80. The second-order valence-corrected chi connectivity index (χ2v) is 7.54. The van der Waals surface area contributed by atoms with Crippen molar-refractivity contribution in [3.63, 3.8) is 0 Å². The number of nitrogens with one attached hydrogen (secondary N) is 1. The Morgan fingerprint density at radius 2 is 2.11 bits per heavy atom. The molecule has 1 N–H and O–H groups in total. The SMILES string of the molecule is COC(=O)c1coc(CN2C[C@H]3C[C@@H](Nc4ccccn4)[C@H](OC)C[C@H]3C2)n1. The number of fused-ring (bicyclic) bond motifs is 1. The highest BCUT2D eigenvalue weighted by atomic mass is 16.5. The summed E-state index contributed by atoms with van der Waals surface area (Å²) in [6.07, 6.45) is 5.37. The molecule has 2 aliphatic rings. The number of likely N-dealkylation sites (tertiary alicyclic amines) is 1. The van der Waals surface area contributed by atoms with Gasteiger partial charge in [-0.25, -0.2) is 14.8 Å². The van der Waals surface area contributed by atoms with Crippen LogP contribution >= 0.6 is 0 Å². The van der Waals surface area contributed by atoms with Gasteiger partial charge in [-0.2, -0.15) is 0 Å². The van der Waals surface area contributed by atoms with E-state index in [1.54, 1.807) is 13.3 Å². The van der Waals surface area contributed by atoms with Gasteiger partial charge in [0.2, 0.25) is 5.89 Å². The average molecular weight is 386 g/mol. The average Bonchev–Trinajstić information content (AvgIpc) is 3.34. The van der Waals surface area contributed by atoms with Crippen LogP contribution in [0.3, 0.4) is 0 Å². The molecule has 8 nitrogen and oxygen atoms in total. The number of carbonyl (C=O) groups excluding carboxylic acids is 1. The normalized spacial score (nSPS) is 27.4. The van der Waals surface area contributed by atoms with Gasteiger partial charge < -0.3 is 19.2 Å². The number of ether oxygens (including phenoxy) is 2. The lowest BCUT2D eigenvalue weighted by molar-refractivity contribution is 0.0304. The molecule has 1 saturated heterocycles. The minimum Gasteiger partial charge on any atom is -0.464 e. The fraction of sp³-hybridized carbons (Fsp3) is 0.550. The molecule has 0 amide bonds. The fourth-order valence-corrected chi connectivity index (χ4v) is 4.46. The molecule has 0 radical (unpaired) electrons. The lowest BCUT2D eigenvalue weighted by Crippen LogP contribution is -2.44. The number of oxazole rings is 1. The van der Waals surface area contributed by atoms with Gasteiger partial charge in [0.05, 0.1) is 25.8 Å². The summed E-state index contributed by atoms with van der Waals surface area (Å²) in [5.74, 6) is 2.13. The van der Waals surface area contributed by atoms with E-state index in [1.165, 1.54) is 13.4 Å². The Bertz CT molecular complexity index is 797. The van der Waals surface area contributed by atoms with E-state index in [4.69, 9.17) is 9.15 Å². The molecule has 2 aromatic heterocycles. The van der Waals surface area contributed by atoms with Crippen molar-refractivity contribution in [3.05, 3.63) is 42.2 Å². The van der Waals surface area contributed by atoms with Gasteiger partial charge in [-0.3, -0.25) is 4.90 Å². The van der Waals surface area contributed by atoms with Gasteiger partial charge in [0, 0.05) is 26.4 Å². The summed E-state index contributed by atoms with van der Waals surface area (Å²) in [7, 11) is 3.12. The van der Waals surface area contributed by atoms with Gasteiger partial charge in [0.25, 0.3) is 0 Å². The van der Waals surface area contributed by atoms with Crippen LogP contribution in [-0.4, -0.2) is 60.3 Å². The number of hydrogen-bond acceptors (Lipinski definition) is 8. The zero-order chi connectivity index (χ0) is 19.5. The Morgan fingerprint density at radius 3 is 2.82 bits per heavy atom. The quantitative estimate of drug-likeness (QED) is 0.756. The number of hydrogen-bond donors (Lipinski definition) is 1. The number of pyridine rings is 1. The number of rotatable bonds is 6. The number of aromatic nitrogens is 2. The standard InChI is InChI=1S/C20H26N4O4/c1-26-17-8-14-10-24(11-19-23-16(12-28-19)20(25)27-2)9-13(14)7-15(17)22-18-5-3-4-6-21-18/h3-6,12-15,17H,7-11H2,1-2H3,(H,21,22)/t13-,14+,15-,17-/m1/s1. The van der Waals surface area contributed by atoms with Crippen molar-refractivity contribution in [2.24, 2.45) is 11.8 Å². The van der Waals surface area contributed by atoms with Crippen molar-refractivity contribution < 1.29 is 18.7 Å². The van der Waals surface area contributed by atoms with E-state index in [2.05, 4.69) is 24.9 Å². The van der Waals surface area contributed by atoms with Crippen molar-refractivity contribution in [1.29, 1.82) is 0 Å². The lowest BCUT2D eigenvalue weighted by atomic mass is 9.77. The van der Waals surface area contributed by atoms with Crippen molar-refractivity contribution in [2.45, 2.75) is 31.5 Å². The molecule has 0 aromatic carbocycles. The first kappa shape index (κ1) is 18.9. The van der Waals surface area contributed by atoms with E-state index in [0.29, 0.717) is 24.3 Å². The molecule has 3 heterocycles. The molecule has 2 fully saturated rings. The smallest absolute Gasteiger partial charge is 0.360 e. The maximum atomic E-state index is 11.5. The van der Waals surface area contributed by atoms with Crippen molar-refractivity contribution in [3.8, 4) is 0 Å². The largest absolute Gasteiger partial charge is 0.464 e. The Morgan fingerprint density at radius 1 is 1.29 bits per heavy atom. The lowest BCUT2D eigenvalue weighted by Gasteiger charge is -2.37. The molecule has 1 aliphatic heterocycles. The van der Waals surface area contributed by atoms with Crippen LogP contribution in [0.25, 0.3) is 0 Å². The van der Waals surface area contributed by atoms with E-state index in [9.17, 15) is 4.79 Å². The molecule has 4 rings (SSSR count). The predicted octanol–water partition coefficient (Wildman–Crippen LogP) is 2.19. The molecule has 4 atom stereocenters. The third-order valence-electron chi connectivity index (χ3n) is 5.80. The second kappa shape index (κ2) is 8.28. The van der Waals surface area contributed by atoms with Crippen LogP contribution in [0.5, 0.6) is 0 Å². The highest BCUT2D eigenvalue weighted by molar-refractivity contribution is 5.86. The summed E-state index contributed by atoms with van der Waals surface area (Å²) >= 11 is 0. The molecule has 0 bridgehead atoms. The summed E-state index contributed by atoms with van der Waals surface area (Å²) in [6, 6.07) is 6.13. The minimum atomic E-state index is -0.475. The monoisotopic (exact) mass is 386 g/mol. The molecule has 2 aromatic rings. The molecule has 1 aliphatic carbocycles. The molecular formula is C20H26N4O4. The predicted molar refractivity (Wildman–Crippen MR) is 102 cm³/mol. The van der Waals surface area contributed by atoms with Gasteiger partial charge in [-0.1, -0.05) is 6.07 Å². The Hall–Kier alpha value is -2.45. The molecule has 1 saturated carbocycles. The maximum Gasteiger partial charge on any atom is 0.360 e. The Labute approximate surface area is 164 Å². The van der Waals surface area contributed by atoms with Crippen LogP contribution in [0.15, 0.2) is 35.1 Å². The number of anilines is 1. The maximum absolute atomic E-state index is 11.5. The van der Waals surface area contributed by atoms with E-state index in [1.807, 2.05) is 18.2 Å². The van der Waals surface area contributed by atoms with Gasteiger partial charge >= 0.3 is 5.97 Å². The molecule has 0 unspecified atom stereocenters. The van der Waals surface area contributed by atoms with E-state index in [0.717, 1.165) is 31.7 Å². The second-order valence-electron chi connectivity index (χ2n) is 7.54. The van der Waals surface area contributed by atoms with E-state index < -0.39 is 5.97 Å². The van der Waals surface area contributed by atoms with Crippen LogP contribution in [0.1, 0.15) is 29.2 Å². The Kier molecular flexibility index (Phi) is 5.59. The summed E-state index contributed by atoms with van der Waals surface area (Å²) in [6.45, 7) is 2.56. The third kappa shape index (κ3) is 4.02. The van der Waals surface area contributed by atoms with Crippen molar-refractivity contribution in [1.82, 2.24) is 14.9 Å². The zero-order valence-electron chi connectivity index (χ0n) is 16.2. The van der Waals surface area contributed by atoms with Crippen LogP contribution < -0.4 is 5.32 Å². The molecule has 150 valence electrons. The van der Waals surface area contributed by atoms with Gasteiger partial charge in [-0.05, 0) is 36.8 Å². The van der Waals surface area contributed by atoms with Crippen LogP contribution in [0.4, 0.5) is 5.82 Å². The summed E-state index contributed by atoms with van der Waals surface area (Å²) in [4.78, 5) is 22.5. The summed E-state index contributed by atoms with van der Waals surface area (Å²) in [5.41, 5.74) is 0.216. The van der Waals surface area contributed by atoms with E-state index in [-0.39, 0.29) is 17.8 Å². The topological polar surface area (TPSA) is 89.7 Å². The first-order valence-corrected chi connectivity index (χ1v) is 9.61. The number of nitrogens with zero attached hydrogens (tertiary/aromatic N) is 3. The molecular weight excluding hydrogens is 360 g/mol. The first-order chi connectivity index (χ1) is 13.7. The summed E-state index contributed by atoms with van der Waals surface area (Å²) in [5, 5.41) is 3.54. The van der Waals surface area contributed by atoms with E-state index >= 15 is 0 Å². The van der Waals surface area contributed by atoms with Crippen LogP contribution in [0.2, 0.25) is 0 Å². The van der Waals surface area contributed by atoms with Crippen molar-refractivity contribution >= 4 is 11.8 Å². The number of carbonyl (C=O) groups is 1. The van der Waals surface area contributed by atoms with Crippen LogP contribution in [-0.2, 0) is 16.0 Å². The Balaban J connectivity index is 1.38. The fourth-order valence-electron chi connectivity index (χ4n) is 4.46. The minimum absolute atomic E-state index is 0.163. The van der Waals surface area contributed by atoms with Gasteiger partial charge in [0.1, 0.15) is 12.1 Å². The summed E-state index contributed by atoms with van der Waals surface area (Å²) < 4.78 is 15.9. The molecule has 8 heteroatoms. The first-order valence-electron chi connectivity index (χ1n) is 9.61. The van der Waals surface area contributed by atoms with Crippen LogP contribution in [0, 0.1) is 11.8 Å². The highest BCUT2D eigenvalue weighted by Gasteiger charge is 2.42. The zero-order valence-corrected chi connectivity index (χ0v) is 16.2. The van der Waals surface area contributed by atoms with Gasteiger partial charge in [0.15, 0.2) is 5.69 Å².